The van der Waals surface area contributed by atoms with Gasteiger partial charge in [0.25, 0.3) is 0 Å². The molecule has 2 aromatic rings. The highest BCUT2D eigenvalue weighted by Gasteiger charge is 2.08. The van der Waals surface area contributed by atoms with Crippen LogP contribution in [0.1, 0.15) is 6.42 Å². The lowest BCUT2D eigenvalue weighted by Gasteiger charge is -2.11. The van der Waals surface area contributed by atoms with E-state index in [-0.39, 0.29) is 0 Å². The van der Waals surface area contributed by atoms with Gasteiger partial charge in [-0.15, -0.1) is 0 Å². The SMILES string of the molecule is COc1c(N)ncnc1NCCCOc1ccccc1. The molecule has 6 heteroatoms. The first-order valence-corrected chi connectivity index (χ1v) is 6.37. The Morgan fingerprint density at radius 1 is 1.20 bits per heavy atom. The molecule has 1 aromatic heterocycles. The van der Waals surface area contributed by atoms with Gasteiger partial charge in [0.05, 0.1) is 13.7 Å². The molecule has 0 bridgehead atoms. The molecular weight excluding hydrogens is 256 g/mol. The number of aromatic nitrogens is 2. The molecule has 0 spiro atoms. The maximum absolute atomic E-state index is 5.70. The summed E-state index contributed by atoms with van der Waals surface area (Å²) in [6.07, 6.45) is 2.24. The van der Waals surface area contributed by atoms with Gasteiger partial charge >= 0.3 is 0 Å². The number of nitrogen functional groups attached to an aromatic ring is 1. The van der Waals surface area contributed by atoms with E-state index in [4.69, 9.17) is 15.2 Å². The van der Waals surface area contributed by atoms with Gasteiger partial charge in [-0.25, -0.2) is 9.97 Å². The molecule has 6 nitrogen and oxygen atoms in total. The Labute approximate surface area is 118 Å². The van der Waals surface area contributed by atoms with Crippen LogP contribution in [0.4, 0.5) is 11.6 Å². The van der Waals surface area contributed by atoms with Crippen molar-refractivity contribution in [2.75, 3.05) is 31.3 Å². The zero-order valence-electron chi connectivity index (χ0n) is 11.4. The first-order chi connectivity index (χ1) is 9.81. The Morgan fingerprint density at radius 2 is 2.00 bits per heavy atom. The zero-order chi connectivity index (χ0) is 14.2. The number of methoxy groups -OCH3 is 1. The van der Waals surface area contributed by atoms with E-state index in [1.165, 1.54) is 6.33 Å². The molecule has 0 saturated heterocycles. The quantitative estimate of drug-likeness (QED) is 0.751. The van der Waals surface area contributed by atoms with Crippen LogP contribution in [-0.4, -0.2) is 30.2 Å². The number of ether oxygens (including phenoxy) is 2. The molecule has 20 heavy (non-hydrogen) atoms. The summed E-state index contributed by atoms with van der Waals surface area (Å²) in [7, 11) is 1.54. The molecule has 3 N–H and O–H groups in total. The van der Waals surface area contributed by atoms with Gasteiger partial charge in [0.2, 0.25) is 5.75 Å². The van der Waals surface area contributed by atoms with Crippen LogP contribution in [0.2, 0.25) is 0 Å². The molecule has 0 unspecified atom stereocenters. The monoisotopic (exact) mass is 274 g/mol. The fraction of sp³-hybridized carbons (Fsp3) is 0.286. The maximum atomic E-state index is 5.70. The van der Waals surface area contributed by atoms with Crippen molar-refractivity contribution in [1.82, 2.24) is 9.97 Å². The summed E-state index contributed by atoms with van der Waals surface area (Å²) in [5, 5.41) is 3.16. The molecule has 0 fully saturated rings. The zero-order valence-corrected chi connectivity index (χ0v) is 11.4. The number of rotatable bonds is 7. The highest BCUT2D eigenvalue weighted by atomic mass is 16.5. The average Bonchev–Trinajstić information content (AvgIpc) is 2.48. The Morgan fingerprint density at radius 3 is 2.75 bits per heavy atom. The Kier molecular flexibility index (Phi) is 5.00. The van der Waals surface area contributed by atoms with Crippen LogP contribution in [-0.2, 0) is 0 Å². The van der Waals surface area contributed by atoms with E-state index in [0.29, 0.717) is 30.5 Å². The molecule has 106 valence electrons. The molecule has 0 radical (unpaired) electrons. The first-order valence-electron chi connectivity index (χ1n) is 6.37. The van der Waals surface area contributed by atoms with Crippen molar-refractivity contribution in [2.24, 2.45) is 0 Å². The topological polar surface area (TPSA) is 82.3 Å². The molecule has 0 aliphatic heterocycles. The van der Waals surface area contributed by atoms with Crippen molar-refractivity contribution in [3.8, 4) is 11.5 Å². The Balaban J connectivity index is 1.75. The minimum Gasteiger partial charge on any atom is -0.494 e. The molecular formula is C14H18N4O2. The van der Waals surface area contributed by atoms with Crippen LogP contribution >= 0.6 is 0 Å². The van der Waals surface area contributed by atoms with Gasteiger partial charge in [-0.2, -0.15) is 0 Å². The van der Waals surface area contributed by atoms with E-state index in [2.05, 4.69) is 15.3 Å². The molecule has 1 heterocycles. The normalized spacial score (nSPS) is 10.1. The number of nitrogens with one attached hydrogen (secondary N) is 1. The van der Waals surface area contributed by atoms with Crippen LogP contribution in [0.5, 0.6) is 11.5 Å². The van der Waals surface area contributed by atoms with Crippen LogP contribution in [0.3, 0.4) is 0 Å². The summed E-state index contributed by atoms with van der Waals surface area (Å²) in [4.78, 5) is 7.97. The smallest absolute Gasteiger partial charge is 0.203 e. The number of hydrogen-bond donors (Lipinski definition) is 2. The van der Waals surface area contributed by atoms with Crippen molar-refractivity contribution < 1.29 is 9.47 Å². The number of nitrogens with zero attached hydrogens (tertiary/aromatic N) is 2. The van der Waals surface area contributed by atoms with Crippen molar-refractivity contribution in [3.05, 3.63) is 36.7 Å². The lowest BCUT2D eigenvalue weighted by molar-refractivity contribution is 0.315. The van der Waals surface area contributed by atoms with E-state index >= 15 is 0 Å². The number of anilines is 2. The van der Waals surface area contributed by atoms with E-state index in [9.17, 15) is 0 Å². The van der Waals surface area contributed by atoms with Crippen LogP contribution in [0, 0.1) is 0 Å². The summed E-state index contributed by atoms with van der Waals surface area (Å²) in [5.41, 5.74) is 5.70. The van der Waals surface area contributed by atoms with Gasteiger partial charge in [0.15, 0.2) is 11.6 Å². The number of nitrogens with two attached hydrogens (primary N) is 1. The van der Waals surface area contributed by atoms with Crippen molar-refractivity contribution in [3.63, 3.8) is 0 Å². The minimum atomic E-state index is 0.325. The number of benzene rings is 1. The molecule has 0 aliphatic carbocycles. The number of para-hydroxylation sites is 1. The Bertz CT molecular complexity index is 534. The molecule has 1 aromatic carbocycles. The highest BCUT2D eigenvalue weighted by molar-refractivity contribution is 5.61. The van der Waals surface area contributed by atoms with Gasteiger partial charge in [0, 0.05) is 6.54 Å². The van der Waals surface area contributed by atoms with E-state index < -0.39 is 0 Å². The second-order valence-electron chi connectivity index (χ2n) is 4.08. The third-order valence-corrected chi connectivity index (χ3v) is 2.66. The molecule has 0 saturated carbocycles. The number of hydrogen-bond acceptors (Lipinski definition) is 6. The molecule has 0 aliphatic rings. The van der Waals surface area contributed by atoms with Crippen LogP contribution < -0.4 is 20.5 Å². The van der Waals surface area contributed by atoms with Gasteiger partial charge in [-0.3, -0.25) is 0 Å². The van der Waals surface area contributed by atoms with Crippen LogP contribution in [0.25, 0.3) is 0 Å². The lowest BCUT2D eigenvalue weighted by Crippen LogP contribution is -2.10. The summed E-state index contributed by atoms with van der Waals surface area (Å²) in [6.45, 7) is 1.33. The average molecular weight is 274 g/mol. The Hall–Kier alpha value is -2.50. The summed E-state index contributed by atoms with van der Waals surface area (Å²) < 4.78 is 10.8. The third-order valence-electron chi connectivity index (χ3n) is 2.66. The van der Waals surface area contributed by atoms with Gasteiger partial charge in [-0.05, 0) is 18.6 Å². The lowest BCUT2D eigenvalue weighted by atomic mass is 10.3. The van der Waals surface area contributed by atoms with Gasteiger partial charge < -0.3 is 20.5 Å². The second kappa shape index (κ2) is 7.18. The summed E-state index contributed by atoms with van der Waals surface area (Å²) in [5.74, 6) is 2.26. The fourth-order valence-corrected chi connectivity index (χ4v) is 1.70. The summed E-state index contributed by atoms with van der Waals surface area (Å²) >= 11 is 0. The van der Waals surface area contributed by atoms with E-state index in [1.807, 2.05) is 30.3 Å². The van der Waals surface area contributed by atoms with Crippen molar-refractivity contribution >= 4 is 11.6 Å². The molecule has 2 rings (SSSR count). The maximum Gasteiger partial charge on any atom is 0.203 e. The highest BCUT2D eigenvalue weighted by Crippen LogP contribution is 2.25. The fourth-order valence-electron chi connectivity index (χ4n) is 1.70. The standard InChI is InChI=1S/C14H18N4O2/c1-19-12-13(15)17-10-18-14(12)16-8-5-9-20-11-6-3-2-4-7-11/h2-4,6-7,10H,5,8-9H2,1H3,(H3,15,16,17,18). The predicted octanol–water partition coefficient (Wildman–Crippen LogP) is 1.95. The largest absolute Gasteiger partial charge is 0.494 e. The van der Waals surface area contributed by atoms with Crippen molar-refractivity contribution in [2.45, 2.75) is 6.42 Å². The predicted molar refractivity (Wildman–Crippen MR) is 78.0 cm³/mol. The van der Waals surface area contributed by atoms with E-state index in [0.717, 1.165) is 12.2 Å². The van der Waals surface area contributed by atoms with Crippen molar-refractivity contribution in [1.29, 1.82) is 0 Å². The van der Waals surface area contributed by atoms with E-state index in [1.54, 1.807) is 7.11 Å². The molecule has 0 atom stereocenters. The summed E-state index contributed by atoms with van der Waals surface area (Å²) in [6, 6.07) is 9.72. The van der Waals surface area contributed by atoms with Gasteiger partial charge in [-0.1, -0.05) is 18.2 Å². The molecule has 0 amide bonds. The third kappa shape index (κ3) is 3.74. The minimum absolute atomic E-state index is 0.325. The first kappa shape index (κ1) is 13.9. The second-order valence-corrected chi connectivity index (χ2v) is 4.08. The van der Waals surface area contributed by atoms with Gasteiger partial charge in [0.1, 0.15) is 12.1 Å². The van der Waals surface area contributed by atoms with Crippen LogP contribution in [0.15, 0.2) is 36.7 Å².